The molecule has 0 aliphatic heterocycles. The molecule has 7 nitrogen and oxygen atoms in total. The Bertz CT molecular complexity index is 1820. The zero-order valence-corrected chi connectivity index (χ0v) is 29.0. The van der Waals surface area contributed by atoms with E-state index in [1.807, 2.05) is 30.3 Å². The van der Waals surface area contributed by atoms with Crippen molar-refractivity contribution in [1.82, 2.24) is 10.2 Å². The van der Waals surface area contributed by atoms with Crippen molar-refractivity contribution in [2.45, 2.75) is 62.6 Å². The van der Waals surface area contributed by atoms with E-state index in [0.29, 0.717) is 31.9 Å². The fourth-order valence-corrected chi connectivity index (χ4v) is 8.08. The van der Waals surface area contributed by atoms with Crippen LogP contribution in [0.25, 0.3) is 0 Å². The topological polar surface area (TPSA) is 86.8 Å². The van der Waals surface area contributed by atoms with Gasteiger partial charge in [-0.25, -0.2) is 8.42 Å². The number of carbonyl (C=O) groups is 2. The van der Waals surface area contributed by atoms with E-state index in [-0.39, 0.29) is 29.8 Å². The first kappa shape index (κ1) is 34.8. The predicted octanol–water partition coefficient (Wildman–Crippen LogP) is 7.85. The van der Waals surface area contributed by atoms with Gasteiger partial charge < -0.3 is 10.2 Å². The molecule has 47 heavy (non-hydrogen) atoms. The molecule has 2 amide bonds. The van der Waals surface area contributed by atoms with E-state index in [9.17, 15) is 18.0 Å². The van der Waals surface area contributed by atoms with Crippen molar-refractivity contribution in [3.63, 3.8) is 0 Å². The zero-order valence-electron chi connectivity index (χ0n) is 25.9. The molecule has 1 saturated carbocycles. The summed E-state index contributed by atoms with van der Waals surface area (Å²) in [4.78, 5) is 30.3. The fourth-order valence-electron chi connectivity index (χ4n) is 5.89. The number of benzene rings is 4. The lowest BCUT2D eigenvalue weighted by Crippen LogP contribution is -2.54. The number of anilines is 1. The monoisotopic (exact) mass is 711 g/mol. The molecule has 4 aromatic rings. The molecule has 4 aromatic carbocycles. The standard InChI is InChI=1S/C36H36Cl3N3O4S/c1-25-20-28(37)18-19-33(25)42(47(45,46)31-14-6-3-7-15-31)24-35(43)41(23-27-16-17-29(38)22-32(27)39)34(21-26-10-4-2-5-11-26)36(44)40-30-12-8-9-13-30/h2-7,10-11,14-20,22,30,34H,8-9,12-13,21,23-24H2,1H3,(H,40,44)/t34-/m0/s1. The molecule has 0 radical (unpaired) electrons. The summed E-state index contributed by atoms with van der Waals surface area (Å²) in [6.45, 7) is 1.11. The highest BCUT2D eigenvalue weighted by molar-refractivity contribution is 7.92. The van der Waals surface area contributed by atoms with E-state index < -0.39 is 28.5 Å². The first-order chi connectivity index (χ1) is 22.5. The van der Waals surface area contributed by atoms with Crippen molar-refractivity contribution in [2.75, 3.05) is 10.8 Å². The van der Waals surface area contributed by atoms with Gasteiger partial charge >= 0.3 is 0 Å². The molecule has 0 spiro atoms. The summed E-state index contributed by atoms with van der Waals surface area (Å²) in [7, 11) is -4.23. The van der Waals surface area contributed by atoms with Crippen LogP contribution in [-0.4, -0.2) is 43.8 Å². The molecule has 1 aliphatic carbocycles. The van der Waals surface area contributed by atoms with E-state index in [0.717, 1.165) is 35.6 Å². The maximum absolute atomic E-state index is 14.7. The SMILES string of the molecule is Cc1cc(Cl)ccc1N(CC(=O)N(Cc1ccc(Cl)cc1Cl)[C@@H](Cc1ccccc1)C(=O)NC1CCCC1)S(=O)(=O)c1ccccc1. The Labute approximate surface area is 291 Å². The van der Waals surface area contributed by atoms with E-state index >= 15 is 0 Å². The average molecular weight is 713 g/mol. The molecule has 0 heterocycles. The Hall–Kier alpha value is -3.56. The number of carbonyl (C=O) groups excluding carboxylic acids is 2. The second-order valence-electron chi connectivity index (χ2n) is 11.7. The predicted molar refractivity (Wildman–Crippen MR) is 189 cm³/mol. The third-order valence-electron chi connectivity index (χ3n) is 8.37. The molecule has 1 fully saturated rings. The molecule has 11 heteroatoms. The van der Waals surface area contributed by atoms with Crippen LogP contribution in [0.4, 0.5) is 5.69 Å². The summed E-state index contributed by atoms with van der Waals surface area (Å²) in [5.74, 6) is -0.883. The number of hydrogen-bond donors (Lipinski definition) is 1. The van der Waals surface area contributed by atoms with Crippen LogP contribution >= 0.6 is 34.8 Å². The Morgan fingerprint density at radius 1 is 0.851 bits per heavy atom. The summed E-state index contributed by atoms with van der Waals surface area (Å²) in [5, 5.41) is 4.35. The van der Waals surface area contributed by atoms with Gasteiger partial charge in [0.15, 0.2) is 0 Å². The lowest BCUT2D eigenvalue weighted by Gasteiger charge is -2.35. The normalized spacial score (nSPS) is 14.0. The maximum atomic E-state index is 14.7. The summed E-state index contributed by atoms with van der Waals surface area (Å²) in [6, 6.07) is 26.2. The highest BCUT2D eigenvalue weighted by atomic mass is 35.5. The molecule has 0 unspecified atom stereocenters. The summed E-state index contributed by atoms with van der Waals surface area (Å²) >= 11 is 19.0. The molecule has 5 rings (SSSR count). The minimum absolute atomic E-state index is 0.00326. The molecule has 1 N–H and O–H groups in total. The van der Waals surface area contributed by atoms with Crippen molar-refractivity contribution >= 4 is 62.3 Å². The van der Waals surface area contributed by atoms with Gasteiger partial charge in [-0.3, -0.25) is 13.9 Å². The van der Waals surface area contributed by atoms with Gasteiger partial charge in [0.25, 0.3) is 10.0 Å². The van der Waals surface area contributed by atoms with Crippen molar-refractivity contribution in [3.05, 3.63) is 129 Å². The van der Waals surface area contributed by atoms with Crippen molar-refractivity contribution < 1.29 is 18.0 Å². The Morgan fingerprint density at radius 3 is 2.11 bits per heavy atom. The van der Waals surface area contributed by atoms with Crippen LogP contribution in [0.1, 0.15) is 42.4 Å². The number of aryl methyl sites for hydroxylation is 1. The summed E-state index contributed by atoms with van der Waals surface area (Å²) < 4.78 is 29.5. The average Bonchev–Trinajstić information content (AvgIpc) is 3.56. The van der Waals surface area contributed by atoms with Gasteiger partial charge in [-0.1, -0.05) is 102 Å². The van der Waals surface area contributed by atoms with Gasteiger partial charge in [0, 0.05) is 34.1 Å². The number of sulfonamides is 1. The van der Waals surface area contributed by atoms with Crippen molar-refractivity contribution in [3.8, 4) is 0 Å². The number of nitrogens with zero attached hydrogens (tertiary/aromatic N) is 2. The van der Waals surface area contributed by atoms with Crippen LogP contribution < -0.4 is 9.62 Å². The lowest BCUT2D eigenvalue weighted by molar-refractivity contribution is -0.140. The Kier molecular flexibility index (Phi) is 11.5. The smallest absolute Gasteiger partial charge is 0.264 e. The maximum Gasteiger partial charge on any atom is 0.264 e. The van der Waals surface area contributed by atoms with Gasteiger partial charge in [0.1, 0.15) is 12.6 Å². The fraction of sp³-hybridized carbons (Fsp3) is 0.278. The number of rotatable bonds is 12. The van der Waals surface area contributed by atoms with Crippen LogP contribution in [0.2, 0.25) is 15.1 Å². The van der Waals surface area contributed by atoms with Crippen molar-refractivity contribution in [2.24, 2.45) is 0 Å². The van der Waals surface area contributed by atoms with Crippen molar-refractivity contribution in [1.29, 1.82) is 0 Å². The molecule has 1 aliphatic rings. The van der Waals surface area contributed by atoms with Crippen LogP contribution in [0.3, 0.4) is 0 Å². The molecular formula is C36H36Cl3N3O4S. The highest BCUT2D eigenvalue weighted by Gasteiger charge is 2.36. The van der Waals surface area contributed by atoms with Gasteiger partial charge in [-0.2, -0.15) is 0 Å². The molecular weight excluding hydrogens is 677 g/mol. The lowest BCUT2D eigenvalue weighted by atomic mass is 10.0. The molecule has 0 saturated heterocycles. The van der Waals surface area contributed by atoms with Crippen LogP contribution in [0, 0.1) is 6.92 Å². The van der Waals surface area contributed by atoms with E-state index in [2.05, 4.69) is 5.32 Å². The third kappa shape index (κ3) is 8.68. The quantitative estimate of drug-likeness (QED) is 0.162. The van der Waals surface area contributed by atoms with Crippen LogP contribution in [0.5, 0.6) is 0 Å². The van der Waals surface area contributed by atoms with Gasteiger partial charge in [-0.05, 0) is 78.9 Å². The van der Waals surface area contributed by atoms with E-state index in [4.69, 9.17) is 34.8 Å². The van der Waals surface area contributed by atoms with E-state index in [1.165, 1.54) is 17.0 Å². The zero-order chi connectivity index (χ0) is 33.6. The number of hydrogen-bond acceptors (Lipinski definition) is 4. The second kappa shape index (κ2) is 15.6. The van der Waals surface area contributed by atoms with E-state index in [1.54, 1.807) is 61.5 Å². The van der Waals surface area contributed by atoms with Gasteiger partial charge in [0.2, 0.25) is 11.8 Å². The largest absolute Gasteiger partial charge is 0.352 e. The molecule has 0 bridgehead atoms. The minimum atomic E-state index is -4.23. The number of nitrogens with one attached hydrogen (secondary N) is 1. The Morgan fingerprint density at radius 2 is 1.47 bits per heavy atom. The molecule has 246 valence electrons. The van der Waals surface area contributed by atoms with Gasteiger partial charge in [0.05, 0.1) is 10.6 Å². The first-order valence-corrected chi connectivity index (χ1v) is 18.0. The number of amides is 2. The van der Waals surface area contributed by atoms with Gasteiger partial charge in [-0.15, -0.1) is 0 Å². The summed E-state index contributed by atoms with van der Waals surface area (Å²) in [5.41, 5.74) is 2.28. The summed E-state index contributed by atoms with van der Waals surface area (Å²) in [6.07, 6.45) is 3.97. The van der Waals surface area contributed by atoms with Crippen LogP contribution in [-0.2, 0) is 32.6 Å². The second-order valence-corrected chi connectivity index (χ2v) is 14.9. The first-order valence-electron chi connectivity index (χ1n) is 15.4. The molecule has 0 aromatic heterocycles. The van der Waals surface area contributed by atoms with Crippen LogP contribution in [0.15, 0.2) is 102 Å². The third-order valence-corrected chi connectivity index (χ3v) is 11.0. The Balaban J connectivity index is 1.60. The highest BCUT2D eigenvalue weighted by Crippen LogP contribution is 2.30. The molecule has 1 atom stereocenters. The number of halogens is 3. The minimum Gasteiger partial charge on any atom is -0.352 e.